The van der Waals surface area contributed by atoms with Crippen molar-refractivity contribution in [3.05, 3.63) is 36.4 Å². The second-order valence-electron chi connectivity index (χ2n) is 5.11. The van der Waals surface area contributed by atoms with Gasteiger partial charge in [0.15, 0.2) is 0 Å². The van der Waals surface area contributed by atoms with Gasteiger partial charge in [0, 0.05) is 21.9 Å². The summed E-state index contributed by atoms with van der Waals surface area (Å²) in [6.45, 7) is 10.4. The van der Waals surface area contributed by atoms with E-state index in [0.717, 1.165) is 32.8 Å². The molecule has 0 amide bonds. The van der Waals surface area contributed by atoms with Gasteiger partial charge in [0.2, 0.25) is 0 Å². The molecule has 5 heteroatoms. The van der Waals surface area contributed by atoms with Gasteiger partial charge in [0.25, 0.3) is 0 Å². The molecule has 0 spiro atoms. The molecule has 2 aromatic carbocycles. The normalized spacial score (nSPS) is 10.4. The maximum atomic E-state index is 5.65. The summed E-state index contributed by atoms with van der Waals surface area (Å²) in [6, 6.07) is 11.9. The predicted molar refractivity (Wildman–Crippen MR) is 102 cm³/mol. The number of ether oxygens (including phenoxy) is 4. The van der Waals surface area contributed by atoms with Crippen LogP contribution >= 0.6 is 11.8 Å². The molecule has 0 heterocycles. The largest absolute Gasteiger partial charge is 0.494 e. The van der Waals surface area contributed by atoms with Crippen molar-refractivity contribution in [3.63, 3.8) is 0 Å². The molecule has 4 nitrogen and oxygen atoms in total. The standard InChI is InChI=1S/C20H26O4S/c1-5-21-15-9-16(22-6-2)12-19(11-15)25-20-13-17(23-7-3)10-18(14-20)24-8-4/h9-14H,5-8H2,1-4H3. The van der Waals surface area contributed by atoms with E-state index < -0.39 is 0 Å². The number of hydrogen-bond donors (Lipinski definition) is 0. The lowest BCUT2D eigenvalue weighted by molar-refractivity contribution is 0.321. The number of benzene rings is 2. The van der Waals surface area contributed by atoms with Crippen LogP contribution < -0.4 is 18.9 Å². The van der Waals surface area contributed by atoms with E-state index in [1.807, 2.05) is 64.1 Å². The summed E-state index contributed by atoms with van der Waals surface area (Å²) in [4.78, 5) is 2.09. The molecule has 0 unspecified atom stereocenters. The highest BCUT2D eigenvalue weighted by molar-refractivity contribution is 7.99. The van der Waals surface area contributed by atoms with E-state index in [-0.39, 0.29) is 0 Å². The summed E-state index contributed by atoms with van der Waals surface area (Å²) in [5.74, 6) is 3.23. The van der Waals surface area contributed by atoms with Crippen LogP contribution in [0.3, 0.4) is 0 Å². The van der Waals surface area contributed by atoms with E-state index in [0.29, 0.717) is 26.4 Å². The van der Waals surface area contributed by atoms with Crippen LogP contribution in [0.15, 0.2) is 46.2 Å². The molecule has 2 rings (SSSR count). The minimum Gasteiger partial charge on any atom is -0.494 e. The Kier molecular flexibility index (Phi) is 7.79. The van der Waals surface area contributed by atoms with Crippen LogP contribution in [-0.2, 0) is 0 Å². The fourth-order valence-corrected chi connectivity index (χ4v) is 3.32. The summed E-state index contributed by atoms with van der Waals surface area (Å²) in [6.07, 6.45) is 0. The molecule has 25 heavy (non-hydrogen) atoms. The van der Waals surface area contributed by atoms with E-state index in [2.05, 4.69) is 0 Å². The Bertz CT molecular complexity index is 567. The third kappa shape index (κ3) is 6.09. The Balaban J connectivity index is 2.30. The SMILES string of the molecule is CCOc1cc(OCC)cc(Sc2cc(OCC)cc(OCC)c2)c1. The van der Waals surface area contributed by atoms with Crippen molar-refractivity contribution in [1.29, 1.82) is 0 Å². The Labute approximate surface area is 154 Å². The third-order valence-electron chi connectivity index (χ3n) is 3.19. The van der Waals surface area contributed by atoms with Crippen molar-refractivity contribution in [1.82, 2.24) is 0 Å². The van der Waals surface area contributed by atoms with E-state index >= 15 is 0 Å². The molecular formula is C20H26O4S. The van der Waals surface area contributed by atoms with Crippen molar-refractivity contribution in [2.45, 2.75) is 37.5 Å². The van der Waals surface area contributed by atoms with Crippen molar-refractivity contribution in [3.8, 4) is 23.0 Å². The number of hydrogen-bond acceptors (Lipinski definition) is 5. The average Bonchev–Trinajstić information content (AvgIpc) is 2.55. The molecule has 0 radical (unpaired) electrons. The van der Waals surface area contributed by atoms with Crippen LogP contribution in [0.4, 0.5) is 0 Å². The molecule has 2 aromatic rings. The van der Waals surface area contributed by atoms with Gasteiger partial charge in [-0.15, -0.1) is 0 Å². The fourth-order valence-electron chi connectivity index (χ4n) is 2.35. The monoisotopic (exact) mass is 362 g/mol. The molecule has 0 atom stereocenters. The Morgan fingerprint density at radius 2 is 0.800 bits per heavy atom. The second-order valence-corrected chi connectivity index (χ2v) is 6.26. The topological polar surface area (TPSA) is 36.9 Å². The van der Waals surface area contributed by atoms with Gasteiger partial charge in [-0.25, -0.2) is 0 Å². The Hall–Kier alpha value is -2.01. The zero-order valence-corrected chi connectivity index (χ0v) is 16.2. The van der Waals surface area contributed by atoms with Crippen LogP contribution in [-0.4, -0.2) is 26.4 Å². The maximum Gasteiger partial charge on any atom is 0.124 e. The predicted octanol–water partition coefficient (Wildman–Crippen LogP) is 5.43. The van der Waals surface area contributed by atoms with Crippen LogP contribution in [0.25, 0.3) is 0 Å². The highest BCUT2D eigenvalue weighted by Gasteiger charge is 2.08. The van der Waals surface area contributed by atoms with Crippen molar-refractivity contribution in [2.75, 3.05) is 26.4 Å². The lowest BCUT2D eigenvalue weighted by Crippen LogP contribution is -1.96. The van der Waals surface area contributed by atoms with E-state index in [1.165, 1.54) is 0 Å². The molecule has 0 N–H and O–H groups in total. The van der Waals surface area contributed by atoms with E-state index in [1.54, 1.807) is 11.8 Å². The van der Waals surface area contributed by atoms with Crippen LogP contribution in [0.5, 0.6) is 23.0 Å². The van der Waals surface area contributed by atoms with Gasteiger partial charge in [-0.05, 0) is 52.0 Å². The summed E-state index contributed by atoms with van der Waals surface area (Å²) in [5, 5.41) is 0. The molecule has 0 saturated carbocycles. The van der Waals surface area contributed by atoms with Gasteiger partial charge in [-0.2, -0.15) is 0 Å². The van der Waals surface area contributed by atoms with E-state index in [9.17, 15) is 0 Å². The van der Waals surface area contributed by atoms with Gasteiger partial charge < -0.3 is 18.9 Å². The first kappa shape index (κ1) is 19.3. The lowest BCUT2D eigenvalue weighted by Gasteiger charge is -2.13. The van der Waals surface area contributed by atoms with Crippen LogP contribution in [0.2, 0.25) is 0 Å². The molecule has 0 aliphatic rings. The van der Waals surface area contributed by atoms with Gasteiger partial charge in [0.1, 0.15) is 23.0 Å². The quantitative estimate of drug-likeness (QED) is 0.563. The zero-order valence-electron chi connectivity index (χ0n) is 15.3. The molecule has 136 valence electrons. The third-order valence-corrected chi connectivity index (χ3v) is 4.13. The van der Waals surface area contributed by atoms with Gasteiger partial charge in [-0.1, -0.05) is 11.8 Å². The molecule has 0 aliphatic carbocycles. The lowest BCUT2D eigenvalue weighted by atomic mass is 10.3. The Morgan fingerprint density at radius 3 is 1.04 bits per heavy atom. The highest BCUT2D eigenvalue weighted by atomic mass is 32.2. The molecule has 0 saturated heterocycles. The summed E-state index contributed by atoms with van der Waals surface area (Å²) in [5.41, 5.74) is 0. The second kappa shape index (κ2) is 10.1. The summed E-state index contributed by atoms with van der Waals surface area (Å²) in [7, 11) is 0. The first-order valence-corrected chi connectivity index (χ1v) is 9.49. The summed E-state index contributed by atoms with van der Waals surface area (Å²) < 4.78 is 22.6. The smallest absolute Gasteiger partial charge is 0.124 e. The molecule has 0 aromatic heterocycles. The molecule has 0 bridgehead atoms. The minimum absolute atomic E-state index is 0.619. The van der Waals surface area contributed by atoms with Crippen molar-refractivity contribution >= 4 is 11.8 Å². The first-order chi connectivity index (χ1) is 12.2. The average molecular weight is 362 g/mol. The van der Waals surface area contributed by atoms with Crippen LogP contribution in [0.1, 0.15) is 27.7 Å². The van der Waals surface area contributed by atoms with E-state index in [4.69, 9.17) is 18.9 Å². The fraction of sp³-hybridized carbons (Fsp3) is 0.400. The van der Waals surface area contributed by atoms with Crippen LogP contribution in [0, 0.1) is 0 Å². The van der Waals surface area contributed by atoms with Crippen molar-refractivity contribution in [2.24, 2.45) is 0 Å². The first-order valence-electron chi connectivity index (χ1n) is 8.67. The van der Waals surface area contributed by atoms with Gasteiger partial charge in [0.05, 0.1) is 26.4 Å². The molecule has 0 aliphatic heterocycles. The minimum atomic E-state index is 0.619. The number of rotatable bonds is 10. The Morgan fingerprint density at radius 1 is 0.520 bits per heavy atom. The van der Waals surface area contributed by atoms with Gasteiger partial charge >= 0.3 is 0 Å². The van der Waals surface area contributed by atoms with Gasteiger partial charge in [-0.3, -0.25) is 0 Å². The molecular weight excluding hydrogens is 336 g/mol. The molecule has 0 fully saturated rings. The van der Waals surface area contributed by atoms with Crippen molar-refractivity contribution < 1.29 is 18.9 Å². The highest BCUT2D eigenvalue weighted by Crippen LogP contribution is 2.37. The maximum absolute atomic E-state index is 5.65. The summed E-state index contributed by atoms with van der Waals surface area (Å²) >= 11 is 1.63. The zero-order chi connectivity index (χ0) is 18.1.